The van der Waals surface area contributed by atoms with Crippen LogP contribution in [-0.4, -0.2) is 45.9 Å². The maximum Gasteiger partial charge on any atom is 0.223 e. The second kappa shape index (κ2) is 10.2. The van der Waals surface area contributed by atoms with Crippen LogP contribution >= 0.6 is 0 Å². The second-order valence-electron chi connectivity index (χ2n) is 4.96. The van der Waals surface area contributed by atoms with Crippen molar-refractivity contribution in [1.82, 2.24) is 10.6 Å². The normalized spacial score (nSPS) is 10.4. The summed E-state index contributed by atoms with van der Waals surface area (Å²) in [6.45, 7) is 7.28. The van der Waals surface area contributed by atoms with Crippen LogP contribution in [0.2, 0.25) is 0 Å². The van der Waals surface area contributed by atoms with E-state index in [4.69, 9.17) is 9.47 Å². The number of carbonyl (C=O) groups excluding carboxylic acids is 1. The molecule has 1 amide bonds. The fourth-order valence-corrected chi connectivity index (χ4v) is 1.89. The van der Waals surface area contributed by atoms with Crippen LogP contribution in [0.3, 0.4) is 0 Å². The molecule has 0 heterocycles. The maximum absolute atomic E-state index is 11.6. The molecule has 0 saturated heterocycles. The van der Waals surface area contributed by atoms with Gasteiger partial charge in [-0.1, -0.05) is 17.7 Å². The Hall–Kier alpha value is -1.59. The summed E-state index contributed by atoms with van der Waals surface area (Å²) in [5.41, 5.74) is 2.30. The van der Waals surface area contributed by atoms with E-state index in [1.807, 2.05) is 26.0 Å². The van der Waals surface area contributed by atoms with Crippen molar-refractivity contribution in [2.75, 3.05) is 40.0 Å². The molecule has 0 spiro atoms. The summed E-state index contributed by atoms with van der Waals surface area (Å²) < 4.78 is 10.5. The quantitative estimate of drug-likeness (QED) is 0.641. The molecule has 5 nitrogen and oxygen atoms in total. The summed E-state index contributed by atoms with van der Waals surface area (Å²) in [6, 6.07) is 6.03. The van der Waals surface area contributed by atoms with Gasteiger partial charge in [-0.05, 0) is 25.5 Å². The highest BCUT2D eigenvalue weighted by Crippen LogP contribution is 2.18. The van der Waals surface area contributed by atoms with E-state index < -0.39 is 0 Å². The van der Waals surface area contributed by atoms with Crippen molar-refractivity contribution in [3.8, 4) is 5.75 Å². The lowest BCUT2D eigenvalue weighted by molar-refractivity contribution is -0.121. The standard InChI is InChI=1S/C16H26N2O3/c1-13-4-5-15(14(2)12-13)21-10-6-16(19)18-8-7-17-9-11-20-3/h4-5,12,17H,6-11H2,1-3H3,(H,18,19). The summed E-state index contributed by atoms with van der Waals surface area (Å²) in [6.07, 6.45) is 0.366. The fourth-order valence-electron chi connectivity index (χ4n) is 1.89. The zero-order valence-electron chi connectivity index (χ0n) is 13.2. The Bertz CT molecular complexity index is 436. The number of benzene rings is 1. The molecule has 0 aliphatic rings. The Kier molecular flexibility index (Phi) is 8.47. The zero-order valence-corrected chi connectivity index (χ0v) is 13.2. The Morgan fingerprint density at radius 1 is 1.14 bits per heavy atom. The van der Waals surface area contributed by atoms with Gasteiger partial charge in [-0.25, -0.2) is 0 Å². The zero-order chi connectivity index (χ0) is 15.5. The van der Waals surface area contributed by atoms with Crippen molar-refractivity contribution in [2.24, 2.45) is 0 Å². The first-order valence-corrected chi connectivity index (χ1v) is 7.30. The third-order valence-electron chi connectivity index (χ3n) is 3.02. The number of amides is 1. The average molecular weight is 294 g/mol. The number of nitrogens with one attached hydrogen (secondary N) is 2. The molecular formula is C16H26N2O3. The van der Waals surface area contributed by atoms with Crippen molar-refractivity contribution in [3.05, 3.63) is 29.3 Å². The van der Waals surface area contributed by atoms with Gasteiger partial charge in [-0.3, -0.25) is 4.79 Å². The van der Waals surface area contributed by atoms with E-state index in [1.54, 1.807) is 7.11 Å². The van der Waals surface area contributed by atoms with E-state index in [-0.39, 0.29) is 5.91 Å². The predicted molar refractivity (Wildman–Crippen MR) is 83.8 cm³/mol. The van der Waals surface area contributed by atoms with Gasteiger partial charge in [0, 0.05) is 26.7 Å². The van der Waals surface area contributed by atoms with Crippen LogP contribution in [-0.2, 0) is 9.53 Å². The Morgan fingerprint density at radius 3 is 2.67 bits per heavy atom. The van der Waals surface area contributed by atoms with Gasteiger partial charge in [0.05, 0.1) is 19.6 Å². The van der Waals surface area contributed by atoms with Crippen LogP contribution in [0.15, 0.2) is 18.2 Å². The lowest BCUT2D eigenvalue weighted by Gasteiger charge is -2.10. The number of aryl methyl sites for hydroxylation is 2. The van der Waals surface area contributed by atoms with Crippen LogP contribution in [0.25, 0.3) is 0 Å². The third-order valence-corrected chi connectivity index (χ3v) is 3.02. The van der Waals surface area contributed by atoms with Crippen LogP contribution in [0.1, 0.15) is 17.5 Å². The molecule has 118 valence electrons. The molecule has 0 aromatic heterocycles. The number of methoxy groups -OCH3 is 1. The lowest BCUT2D eigenvalue weighted by atomic mass is 10.1. The van der Waals surface area contributed by atoms with E-state index in [1.165, 1.54) is 5.56 Å². The van der Waals surface area contributed by atoms with E-state index in [2.05, 4.69) is 16.7 Å². The molecule has 0 aliphatic heterocycles. The number of ether oxygens (including phenoxy) is 2. The summed E-state index contributed by atoms with van der Waals surface area (Å²) in [5.74, 6) is 0.850. The van der Waals surface area contributed by atoms with Crippen molar-refractivity contribution in [1.29, 1.82) is 0 Å². The molecule has 0 radical (unpaired) electrons. The first kappa shape index (κ1) is 17.5. The first-order valence-electron chi connectivity index (χ1n) is 7.30. The minimum atomic E-state index is 0.00769. The smallest absolute Gasteiger partial charge is 0.223 e. The largest absolute Gasteiger partial charge is 0.493 e. The molecule has 2 N–H and O–H groups in total. The van der Waals surface area contributed by atoms with Gasteiger partial charge in [0.15, 0.2) is 0 Å². The van der Waals surface area contributed by atoms with Crippen molar-refractivity contribution >= 4 is 5.91 Å². The van der Waals surface area contributed by atoms with Gasteiger partial charge in [0.25, 0.3) is 0 Å². The molecule has 0 unspecified atom stereocenters. The van der Waals surface area contributed by atoms with Crippen LogP contribution in [0.4, 0.5) is 0 Å². The predicted octanol–water partition coefficient (Wildman–Crippen LogP) is 1.42. The average Bonchev–Trinajstić information content (AvgIpc) is 2.45. The van der Waals surface area contributed by atoms with Gasteiger partial charge in [-0.2, -0.15) is 0 Å². The Labute approximate surface area is 127 Å². The molecular weight excluding hydrogens is 268 g/mol. The number of rotatable bonds is 10. The van der Waals surface area contributed by atoms with E-state index >= 15 is 0 Å². The molecule has 0 saturated carbocycles. The van der Waals surface area contributed by atoms with Crippen LogP contribution in [0.5, 0.6) is 5.75 Å². The molecule has 0 atom stereocenters. The van der Waals surface area contributed by atoms with Gasteiger partial charge in [-0.15, -0.1) is 0 Å². The molecule has 1 aromatic rings. The number of carbonyl (C=O) groups is 1. The Morgan fingerprint density at radius 2 is 1.95 bits per heavy atom. The minimum Gasteiger partial charge on any atom is -0.493 e. The topological polar surface area (TPSA) is 59.6 Å². The highest BCUT2D eigenvalue weighted by Gasteiger charge is 2.03. The fraction of sp³-hybridized carbons (Fsp3) is 0.562. The molecule has 0 aliphatic carbocycles. The summed E-state index contributed by atoms with van der Waals surface area (Å²) in [4.78, 5) is 11.6. The molecule has 1 aromatic carbocycles. The van der Waals surface area contributed by atoms with Gasteiger partial charge < -0.3 is 20.1 Å². The summed E-state index contributed by atoms with van der Waals surface area (Å²) in [5, 5.41) is 6.01. The highest BCUT2D eigenvalue weighted by molar-refractivity contribution is 5.75. The van der Waals surface area contributed by atoms with Gasteiger partial charge >= 0.3 is 0 Å². The molecule has 1 rings (SSSR count). The number of hydrogen-bond acceptors (Lipinski definition) is 4. The summed E-state index contributed by atoms with van der Waals surface area (Å²) in [7, 11) is 1.67. The lowest BCUT2D eigenvalue weighted by Crippen LogP contribution is -2.33. The molecule has 21 heavy (non-hydrogen) atoms. The highest BCUT2D eigenvalue weighted by atomic mass is 16.5. The van der Waals surface area contributed by atoms with Crippen molar-refractivity contribution in [2.45, 2.75) is 20.3 Å². The molecule has 5 heteroatoms. The van der Waals surface area contributed by atoms with Gasteiger partial charge in [0.1, 0.15) is 5.75 Å². The minimum absolute atomic E-state index is 0.00769. The molecule has 0 bridgehead atoms. The summed E-state index contributed by atoms with van der Waals surface area (Å²) >= 11 is 0. The van der Waals surface area contributed by atoms with E-state index in [0.717, 1.165) is 24.4 Å². The monoisotopic (exact) mass is 294 g/mol. The van der Waals surface area contributed by atoms with E-state index in [0.29, 0.717) is 26.2 Å². The third kappa shape index (κ3) is 7.68. The SMILES string of the molecule is COCCNCCNC(=O)CCOc1ccc(C)cc1C. The van der Waals surface area contributed by atoms with E-state index in [9.17, 15) is 4.79 Å². The number of hydrogen-bond donors (Lipinski definition) is 2. The molecule has 0 fully saturated rings. The van der Waals surface area contributed by atoms with Crippen LogP contribution in [0, 0.1) is 13.8 Å². The Balaban J connectivity index is 2.10. The first-order chi connectivity index (χ1) is 10.1. The second-order valence-corrected chi connectivity index (χ2v) is 4.96. The maximum atomic E-state index is 11.6. The van der Waals surface area contributed by atoms with Crippen molar-refractivity contribution in [3.63, 3.8) is 0 Å². The van der Waals surface area contributed by atoms with Gasteiger partial charge in [0.2, 0.25) is 5.91 Å². The van der Waals surface area contributed by atoms with Crippen molar-refractivity contribution < 1.29 is 14.3 Å². The van der Waals surface area contributed by atoms with Crippen LogP contribution < -0.4 is 15.4 Å².